The number of carbonyl (C=O) groups is 1. The Balaban J connectivity index is 2.56. The van der Waals surface area contributed by atoms with Crippen LogP contribution in [0.1, 0.15) is 12.8 Å². The largest absolute Gasteiger partial charge is 0.479 e. The number of hydrogen-bond acceptors (Lipinski definition) is 3. The van der Waals surface area contributed by atoms with Crippen molar-refractivity contribution in [3.05, 3.63) is 0 Å². The van der Waals surface area contributed by atoms with Crippen molar-refractivity contribution in [1.82, 2.24) is 0 Å². The van der Waals surface area contributed by atoms with Crippen molar-refractivity contribution >= 4 is 17.7 Å². The van der Waals surface area contributed by atoms with Gasteiger partial charge in [-0.05, 0) is 18.6 Å². The quantitative estimate of drug-likeness (QED) is 0.583. The Morgan fingerprint density at radius 2 is 2.30 bits per heavy atom. The zero-order chi connectivity index (χ0) is 7.61. The van der Waals surface area contributed by atoms with Crippen LogP contribution in [0.5, 0.6) is 0 Å². The minimum Gasteiger partial charge on any atom is -0.479 e. The van der Waals surface area contributed by atoms with Crippen LogP contribution in [-0.4, -0.2) is 33.3 Å². The van der Waals surface area contributed by atoms with Crippen molar-refractivity contribution in [3.8, 4) is 0 Å². The SMILES string of the molecule is O=C(O)C1(O)CCCSC1. The third-order valence-electron chi connectivity index (χ3n) is 1.62. The van der Waals surface area contributed by atoms with E-state index >= 15 is 0 Å². The molecule has 0 amide bonds. The van der Waals surface area contributed by atoms with E-state index in [-0.39, 0.29) is 0 Å². The van der Waals surface area contributed by atoms with Crippen LogP contribution >= 0.6 is 11.8 Å². The number of rotatable bonds is 1. The van der Waals surface area contributed by atoms with E-state index < -0.39 is 11.6 Å². The first-order chi connectivity index (χ1) is 4.65. The van der Waals surface area contributed by atoms with Crippen LogP contribution in [0.4, 0.5) is 0 Å². The summed E-state index contributed by atoms with van der Waals surface area (Å²) in [6, 6.07) is 0. The highest BCUT2D eigenvalue weighted by molar-refractivity contribution is 7.99. The summed E-state index contributed by atoms with van der Waals surface area (Å²) in [4.78, 5) is 10.4. The van der Waals surface area contributed by atoms with Gasteiger partial charge in [-0.25, -0.2) is 4.79 Å². The molecule has 1 rings (SSSR count). The van der Waals surface area contributed by atoms with Gasteiger partial charge in [-0.1, -0.05) is 0 Å². The second kappa shape index (κ2) is 2.80. The van der Waals surface area contributed by atoms with Gasteiger partial charge in [0.25, 0.3) is 0 Å². The lowest BCUT2D eigenvalue weighted by Crippen LogP contribution is -2.43. The second-order valence-corrected chi connectivity index (χ2v) is 3.60. The Kier molecular flexibility index (Phi) is 2.21. The molecule has 1 heterocycles. The van der Waals surface area contributed by atoms with Crippen molar-refractivity contribution < 1.29 is 15.0 Å². The molecule has 1 aliphatic rings. The number of hydrogen-bond donors (Lipinski definition) is 2. The van der Waals surface area contributed by atoms with Gasteiger partial charge >= 0.3 is 5.97 Å². The third-order valence-corrected chi connectivity index (χ3v) is 2.88. The van der Waals surface area contributed by atoms with Gasteiger partial charge in [-0.3, -0.25) is 0 Å². The fourth-order valence-electron chi connectivity index (χ4n) is 0.949. The van der Waals surface area contributed by atoms with E-state index in [1.165, 1.54) is 11.8 Å². The standard InChI is InChI=1S/C6H10O3S/c7-5(8)6(9)2-1-3-10-4-6/h9H,1-4H2,(H,7,8). The van der Waals surface area contributed by atoms with Crippen LogP contribution in [0.25, 0.3) is 0 Å². The molecule has 1 atom stereocenters. The summed E-state index contributed by atoms with van der Waals surface area (Å²) in [5.41, 5.74) is -1.44. The summed E-state index contributed by atoms with van der Waals surface area (Å²) in [5, 5.41) is 17.9. The molecule has 0 aromatic rings. The first kappa shape index (κ1) is 7.88. The summed E-state index contributed by atoms with van der Waals surface area (Å²) in [5.74, 6) is 0.220. The van der Waals surface area contributed by atoms with Crippen molar-refractivity contribution in [2.75, 3.05) is 11.5 Å². The highest BCUT2D eigenvalue weighted by atomic mass is 32.2. The van der Waals surface area contributed by atoms with Crippen LogP contribution in [0.2, 0.25) is 0 Å². The zero-order valence-electron chi connectivity index (χ0n) is 5.54. The summed E-state index contributed by atoms with van der Waals surface area (Å²) < 4.78 is 0. The van der Waals surface area contributed by atoms with Gasteiger partial charge in [-0.2, -0.15) is 11.8 Å². The van der Waals surface area contributed by atoms with Crippen LogP contribution in [0.15, 0.2) is 0 Å². The maximum Gasteiger partial charge on any atom is 0.336 e. The summed E-state index contributed by atoms with van der Waals surface area (Å²) in [6.45, 7) is 0. The molecule has 0 radical (unpaired) electrons. The first-order valence-electron chi connectivity index (χ1n) is 3.19. The molecular formula is C6H10O3S. The summed E-state index contributed by atoms with van der Waals surface area (Å²) in [6.07, 6.45) is 1.20. The lowest BCUT2D eigenvalue weighted by molar-refractivity contribution is -0.156. The number of thioether (sulfide) groups is 1. The predicted molar refractivity (Wildman–Crippen MR) is 39.1 cm³/mol. The monoisotopic (exact) mass is 162 g/mol. The predicted octanol–water partition coefficient (Wildman–Crippen LogP) is 0.329. The van der Waals surface area contributed by atoms with E-state index in [2.05, 4.69) is 0 Å². The molecule has 0 spiro atoms. The lowest BCUT2D eigenvalue weighted by Gasteiger charge is -2.26. The summed E-state index contributed by atoms with van der Waals surface area (Å²) >= 11 is 1.50. The number of carboxylic acid groups (broad SMARTS) is 1. The van der Waals surface area contributed by atoms with E-state index in [1.807, 2.05) is 0 Å². The fourth-order valence-corrected chi connectivity index (χ4v) is 2.05. The smallest absolute Gasteiger partial charge is 0.336 e. The molecule has 1 saturated heterocycles. The van der Waals surface area contributed by atoms with Gasteiger partial charge in [0, 0.05) is 5.75 Å². The molecule has 2 N–H and O–H groups in total. The topological polar surface area (TPSA) is 57.5 Å². The van der Waals surface area contributed by atoms with E-state index in [4.69, 9.17) is 5.11 Å². The van der Waals surface area contributed by atoms with E-state index in [0.717, 1.165) is 12.2 Å². The molecule has 0 aromatic heterocycles. The van der Waals surface area contributed by atoms with Crippen LogP contribution < -0.4 is 0 Å². The van der Waals surface area contributed by atoms with Gasteiger partial charge < -0.3 is 10.2 Å². The van der Waals surface area contributed by atoms with Crippen LogP contribution in [0, 0.1) is 0 Å². The third kappa shape index (κ3) is 1.44. The Morgan fingerprint density at radius 3 is 2.60 bits per heavy atom. The zero-order valence-corrected chi connectivity index (χ0v) is 6.36. The van der Waals surface area contributed by atoms with Gasteiger partial charge in [0.2, 0.25) is 0 Å². The van der Waals surface area contributed by atoms with E-state index in [9.17, 15) is 9.90 Å². The highest BCUT2D eigenvalue weighted by Gasteiger charge is 2.37. The molecule has 0 bridgehead atoms. The molecule has 4 heteroatoms. The normalized spacial score (nSPS) is 33.7. The number of carboxylic acids is 1. The Labute approximate surface area is 63.4 Å². The molecule has 10 heavy (non-hydrogen) atoms. The highest BCUT2D eigenvalue weighted by Crippen LogP contribution is 2.26. The molecule has 1 fully saturated rings. The first-order valence-corrected chi connectivity index (χ1v) is 4.34. The molecule has 58 valence electrons. The van der Waals surface area contributed by atoms with Crippen LogP contribution in [0.3, 0.4) is 0 Å². The van der Waals surface area contributed by atoms with Crippen molar-refractivity contribution in [3.63, 3.8) is 0 Å². The van der Waals surface area contributed by atoms with Crippen molar-refractivity contribution in [2.24, 2.45) is 0 Å². The Morgan fingerprint density at radius 1 is 1.60 bits per heavy atom. The fraction of sp³-hybridized carbons (Fsp3) is 0.833. The molecule has 1 unspecified atom stereocenters. The molecule has 3 nitrogen and oxygen atoms in total. The second-order valence-electron chi connectivity index (χ2n) is 2.49. The average molecular weight is 162 g/mol. The molecule has 0 aliphatic carbocycles. The minimum absolute atomic E-state index is 0.336. The average Bonchev–Trinajstić information content (AvgIpc) is 1.89. The minimum atomic E-state index is -1.44. The molecule has 0 saturated carbocycles. The molecule has 0 aromatic carbocycles. The van der Waals surface area contributed by atoms with E-state index in [0.29, 0.717) is 12.2 Å². The molecular weight excluding hydrogens is 152 g/mol. The lowest BCUT2D eigenvalue weighted by atomic mass is 10.0. The van der Waals surface area contributed by atoms with Gasteiger partial charge in [0.05, 0.1) is 0 Å². The van der Waals surface area contributed by atoms with Gasteiger partial charge in [-0.15, -0.1) is 0 Å². The van der Waals surface area contributed by atoms with Crippen LogP contribution in [-0.2, 0) is 4.79 Å². The number of aliphatic hydroxyl groups is 1. The van der Waals surface area contributed by atoms with E-state index in [1.54, 1.807) is 0 Å². The van der Waals surface area contributed by atoms with Gasteiger partial charge in [0.15, 0.2) is 5.60 Å². The Hall–Kier alpha value is -0.220. The van der Waals surface area contributed by atoms with Gasteiger partial charge in [0.1, 0.15) is 0 Å². The maximum atomic E-state index is 10.4. The molecule has 1 aliphatic heterocycles. The maximum absolute atomic E-state index is 10.4. The van der Waals surface area contributed by atoms with Crippen molar-refractivity contribution in [1.29, 1.82) is 0 Å². The summed E-state index contributed by atoms with van der Waals surface area (Å²) in [7, 11) is 0. The van der Waals surface area contributed by atoms with Crippen molar-refractivity contribution in [2.45, 2.75) is 18.4 Å². The Bertz CT molecular complexity index is 140. The number of aliphatic carboxylic acids is 1.